The van der Waals surface area contributed by atoms with E-state index < -0.39 is 17.7 Å². The molecule has 1 aliphatic heterocycles. The Morgan fingerprint density at radius 2 is 1.63 bits per heavy atom. The van der Waals surface area contributed by atoms with Crippen LogP contribution in [0.5, 0.6) is 11.5 Å². The smallest absolute Gasteiger partial charge is 0.301 e. The van der Waals surface area contributed by atoms with E-state index in [0.717, 1.165) is 5.56 Å². The van der Waals surface area contributed by atoms with E-state index in [4.69, 9.17) is 9.26 Å². The van der Waals surface area contributed by atoms with Gasteiger partial charge in [0.1, 0.15) is 23.0 Å². The Morgan fingerprint density at radius 1 is 0.914 bits per heavy atom. The topological polar surface area (TPSA) is 92.9 Å². The summed E-state index contributed by atoms with van der Waals surface area (Å²) in [4.78, 5) is 27.7. The second-order valence-electron chi connectivity index (χ2n) is 8.32. The maximum absolute atomic E-state index is 13.2. The van der Waals surface area contributed by atoms with Crippen LogP contribution in [-0.4, -0.2) is 22.0 Å². The Balaban J connectivity index is 1.65. The summed E-state index contributed by atoms with van der Waals surface area (Å²) in [6.45, 7) is 3.62. The number of hydrogen-bond donors (Lipinski definition) is 1. The number of ether oxygens (including phenoxy) is 1. The number of carbonyl (C=O) groups excluding carboxylic acids is 2. The fraction of sp³-hybridized carbons (Fsp3) is 0.107. The minimum absolute atomic E-state index is 0.0311. The number of amides is 1. The highest BCUT2D eigenvalue weighted by Gasteiger charge is 2.48. The van der Waals surface area contributed by atoms with Gasteiger partial charge < -0.3 is 14.4 Å². The molecule has 174 valence electrons. The van der Waals surface area contributed by atoms with Gasteiger partial charge in [0.2, 0.25) is 0 Å². The van der Waals surface area contributed by atoms with Crippen molar-refractivity contribution >= 4 is 23.3 Å². The highest BCUT2D eigenvalue weighted by molar-refractivity contribution is 6.51. The van der Waals surface area contributed by atoms with Crippen LogP contribution < -0.4 is 9.64 Å². The van der Waals surface area contributed by atoms with Crippen LogP contribution >= 0.6 is 0 Å². The van der Waals surface area contributed by atoms with E-state index in [1.54, 1.807) is 49.4 Å². The Bertz CT molecular complexity index is 1440. The number of carbonyl (C=O) groups is 2. The number of hydrogen-bond acceptors (Lipinski definition) is 6. The minimum atomic E-state index is -0.930. The molecule has 1 saturated heterocycles. The van der Waals surface area contributed by atoms with Crippen LogP contribution in [0.3, 0.4) is 0 Å². The third kappa shape index (κ3) is 4.19. The molecule has 0 unspecified atom stereocenters. The second-order valence-corrected chi connectivity index (χ2v) is 8.32. The first-order chi connectivity index (χ1) is 16.9. The van der Waals surface area contributed by atoms with Gasteiger partial charge in [-0.1, -0.05) is 65.3 Å². The van der Waals surface area contributed by atoms with Crippen molar-refractivity contribution in [3.63, 3.8) is 0 Å². The first kappa shape index (κ1) is 22.2. The van der Waals surface area contributed by atoms with Crippen molar-refractivity contribution in [2.24, 2.45) is 0 Å². The lowest BCUT2D eigenvalue weighted by Crippen LogP contribution is -2.29. The number of rotatable bonds is 5. The van der Waals surface area contributed by atoms with Crippen LogP contribution in [0, 0.1) is 13.8 Å². The molecular weight excluding hydrogens is 444 g/mol. The lowest BCUT2D eigenvalue weighted by Gasteiger charge is -2.23. The summed E-state index contributed by atoms with van der Waals surface area (Å²) < 4.78 is 11.2. The Morgan fingerprint density at radius 3 is 2.31 bits per heavy atom. The fourth-order valence-electron chi connectivity index (χ4n) is 4.09. The average Bonchev–Trinajstić information content (AvgIpc) is 3.40. The molecule has 0 spiro atoms. The third-order valence-corrected chi connectivity index (χ3v) is 5.78. The number of ketones is 1. The molecule has 1 aliphatic rings. The van der Waals surface area contributed by atoms with Gasteiger partial charge in [-0.2, -0.15) is 0 Å². The summed E-state index contributed by atoms with van der Waals surface area (Å²) in [5, 5.41) is 15.2. The lowest BCUT2D eigenvalue weighted by atomic mass is 9.95. The van der Waals surface area contributed by atoms with Crippen LogP contribution in [-0.2, 0) is 9.59 Å². The molecule has 5 rings (SSSR count). The molecule has 1 aromatic heterocycles. The van der Waals surface area contributed by atoms with Gasteiger partial charge in [0, 0.05) is 11.6 Å². The van der Waals surface area contributed by atoms with E-state index in [2.05, 4.69) is 5.16 Å². The highest BCUT2D eigenvalue weighted by Crippen LogP contribution is 2.42. The predicted octanol–water partition coefficient (Wildman–Crippen LogP) is 5.71. The van der Waals surface area contributed by atoms with Crippen LogP contribution in [0.15, 0.2) is 95.0 Å². The van der Waals surface area contributed by atoms with Crippen molar-refractivity contribution in [1.82, 2.24) is 5.16 Å². The molecule has 1 fully saturated rings. The standard InChI is InChI=1S/C28H22N2O5/c1-17-11-13-19(14-12-17)26(31)24-25(30(28(33)27(24)32)23-15-18(2)35-29-23)20-7-6-10-22(16-20)34-21-8-4-3-5-9-21/h3-16,25,31H,1-2H3/b26-24+/t25-/m0/s1. The van der Waals surface area contributed by atoms with Gasteiger partial charge in [-0.15, -0.1) is 0 Å². The van der Waals surface area contributed by atoms with Crippen LogP contribution in [0.2, 0.25) is 0 Å². The van der Waals surface area contributed by atoms with Gasteiger partial charge in [0.25, 0.3) is 5.78 Å². The molecule has 0 radical (unpaired) electrons. The number of nitrogens with zero attached hydrogens (tertiary/aromatic N) is 2. The maximum atomic E-state index is 13.2. The van der Waals surface area contributed by atoms with Crippen LogP contribution in [0.4, 0.5) is 5.82 Å². The first-order valence-electron chi connectivity index (χ1n) is 11.1. The largest absolute Gasteiger partial charge is 0.507 e. The minimum Gasteiger partial charge on any atom is -0.507 e. The van der Waals surface area contributed by atoms with Crippen LogP contribution in [0.25, 0.3) is 5.76 Å². The number of benzene rings is 3. The molecule has 0 aliphatic carbocycles. The predicted molar refractivity (Wildman–Crippen MR) is 130 cm³/mol. The summed E-state index contributed by atoms with van der Waals surface area (Å²) >= 11 is 0. The van der Waals surface area contributed by atoms with Crippen molar-refractivity contribution in [2.45, 2.75) is 19.9 Å². The lowest BCUT2D eigenvalue weighted by molar-refractivity contribution is -0.132. The molecule has 4 aromatic rings. The number of aliphatic hydroxyl groups excluding tert-OH is 1. The number of aryl methyl sites for hydroxylation is 2. The SMILES string of the molecule is Cc1ccc(/C(O)=C2\C(=O)C(=O)N(c3cc(C)on3)[C@H]2c2cccc(Oc3ccccc3)c2)cc1. The molecule has 1 N–H and O–H groups in total. The summed E-state index contributed by atoms with van der Waals surface area (Å²) in [6, 6.07) is 24.1. The van der Waals surface area contributed by atoms with Crippen molar-refractivity contribution in [2.75, 3.05) is 4.90 Å². The number of anilines is 1. The van der Waals surface area contributed by atoms with E-state index in [1.165, 1.54) is 4.90 Å². The van der Waals surface area contributed by atoms with Gasteiger partial charge in [-0.3, -0.25) is 14.5 Å². The second kappa shape index (κ2) is 8.95. The highest BCUT2D eigenvalue weighted by atomic mass is 16.5. The maximum Gasteiger partial charge on any atom is 0.301 e. The summed E-state index contributed by atoms with van der Waals surface area (Å²) in [5.74, 6) is -0.0244. The molecular formula is C28H22N2O5. The number of aliphatic hydroxyl groups is 1. The summed E-state index contributed by atoms with van der Waals surface area (Å²) in [5.41, 5.74) is 1.98. The van der Waals surface area contributed by atoms with Gasteiger partial charge in [-0.25, -0.2) is 0 Å². The fourth-order valence-corrected chi connectivity index (χ4v) is 4.09. The third-order valence-electron chi connectivity index (χ3n) is 5.78. The quantitative estimate of drug-likeness (QED) is 0.230. The van der Waals surface area contributed by atoms with Gasteiger partial charge >= 0.3 is 5.91 Å². The molecule has 7 nitrogen and oxygen atoms in total. The zero-order chi connectivity index (χ0) is 24.5. The van der Waals surface area contributed by atoms with Gasteiger partial charge in [0.05, 0.1) is 11.6 Å². The monoisotopic (exact) mass is 466 g/mol. The summed E-state index contributed by atoms with van der Waals surface area (Å²) in [7, 11) is 0. The number of aromatic nitrogens is 1. The Labute approximate surface area is 201 Å². The van der Waals surface area contributed by atoms with E-state index in [1.807, 2.05) is 49.4 Å². The van der Waals surface area contributed by atoms with Gasteiger partial charge in [-0.05, 0) is 43.7 Å². The molecule has 3 aromatic carbocycles. The van der Waals surface area contributed by atoms with E-state index >= 15 is 0 Å². The molecule has 2 heterocycles. The van der Waals surface area contributed by atoms with Crippen molar-refractivity contribution in [3.05, 3.63) is 113 Å². The summed E-state index contributed by atoms with van der Waals surface area (Å²) in [6.07, 6.45) is 0. The zero-order valence-corrected chi connectivity index (χ0v) is 19.1. The van der Waals surface area contributed by atoms with E-state index in [9.17, 15) is 14.7 Å². The molecule has 0 saturated carbocycles. The van der Waals surface area contributed by atoms with Gasteiger partial charge in [0.15, 0.2) is 5.82 Å². The van der Waals surface area contributed by atoms with E-state index in [-0.39, 0.29) is 17.2 Å². The molecule has 1 amide bonds. The molecule has 0 bridgehead atoms. The van der Waals surface area contributed by atoms with Crippen LogP contribution in [0.1, 0.15) is 28.5 Å². The average molecular weight is 466 g/mol. The van der Waals surface area contributed by atoms with Crippen molar-refractivity contribution in [3.8, 4) is 11.5 Å². The Hall–Kier alpha value is -4.65. The molecule has 35 heavy (non-hydrogen) atoms. The van der Waals surface area contributed by atoms with Crippen molar-refractivity contribution < 1.29 is 24.0 Å². The Kier molecular flexibility index (Phi) is 5.66. The molecule has 7 heteroatoms. The normalized spacial score (nSPS) is 17.1. The van der Waals surface area contributed by atoms with Crippen molar-refractivity contribution in [1.29, 1.82) is 0 Å². The number of Topliss-reactive ketones (excluding diaryl/α,β-unsaturated/α-hetero) is 1. The van der Waals surface area contributed by atoms with E-state index in [0.29, 0.717) is 28.4 Å². The molecule has 1 atom stereocenters. The first-order valence-corrected chi connectivity index (χ1v) is 11.1. The number of para-hydroxylation sites is 1. The zero-order valence-electron chi connectivity index (χ0n) is 19.1.